The van der Waals surface area contributed by atoms with Gasteiger partial charge in [0.1, 0.15) is 5.75 Å². The maximum absolute atomic E-state index is 12.4. The van der Waals surface area contributed by atoms with Gasteiger partial charge in [-0.1, -0.05) is 11.6 Å². The van der Waals surface area contributed by atoms with Crippen LogP contribution in [-0.4, -0.2) is 31.3 Å². The zero-order valence-electron chi connectivity index (χ0n) is 12.5. The van der Waals surface area contributed by atoms with Gasteiger partial charge in [-0.2, -0.15) is 0 Å². The van der Waals surface area contributed by atoms with Crippen molar-refractivity contribution in [1.82, 2.24) is 0 Å². The summed E-state index contributed by atoms with van der Waals surface area (Å²) in [6.45, 7) is 6.37. The first kappa shape index (κ1) is 16.1. The molecule has 2 atom stereocenters. The van der Waals surface area contributed by atoms with Crippen molar-refractivity contribution in [2.75, 3.05) is 18.5 Å². The average Bonchev–Trinajstić information content (AvgIpc) is 2.74. The van der Waals surface area contributed by atoms with E-state index in [4.69, 9.17) is 26.8 Å². The number of amides is 1. The highest BCUT2D eigenvalue weighted by molar-refractivity contribution is 6.32. The molecule has 116 valence electrons. The molecule has 0 saturated carbocycles. The van der Waals surface area contributed by atoms with E-state index in [1.54, 1.807) is 25.1 Å². The highest BCUT2D eigenvalue weighted by atomic mass is 35.5. The Hall–Kier alpha value is -1.30. The summed E-state index contributed by atoms with van der Waals surface area (Å²) in [7, 11) is 0. The SMILES string of the molecule is CC(C)Oc1ccc(NC(=O)C2(C)COCC2N)cc1Cl. The molecule has 1 heterocycles. The van der Waals surface area contributed by atoms with Gasteiger partial charge >= 0.3 is 0 Å². The summed E-state index contributed by atoms with van der Waals surface area (Å²) in [4.78, 5) is 12.4. The van der Waals surface area contributed by atoms with E-state index in [1.807, 2.05) is 13.8 Å². The molecule has 1 saturated heterocycles. The van der Waals surface area contributed by atoms with Crippen LogP contribution in [-0.2, 0) is 9.53 Å². The van der Waals surface area contributed by atoms with Crippen LogP contribution in [0.2, 0.25) is 5.02 Å². The lowest BCUT2D eigenvalue weighted by Gasteiger charge is -2.25. The van der Waals surface area contributed by atoms with Crippen LogP contribution in [0.1, 0.15) is 20.8 Å². The van der Waals surface area contributed by atoms with Gasteiger partial charge in [0, 0.05) is 11.7 Å². The third-order valence-corrected chi connectivity index (χ3v) is 3.88. The smallest absolute Gasteiger partial charge is 0.234 e. The normalized spacial score (nSPS) is 25.1. The van der Waals surface area contributed by atoms with E-state index in [2.05, 4.69) is 5.32 Å². The number of ether oxygens (including phenoxy) is 2. The molecule has 0 bridgehead atoms. The van der Waals surface area contributed by atoms with E-state index < -0.39 is 5.41 Å². The number of hydrogen-bond donors (Lipinski definition) is 2. The summed E-state index contributed by atoms with van der Waals surface area (Å²) in [5, 5.41) is 3.29. The Morgan fingerprint density at radius 3 is 2.81 bits per heavy atom. The molecule has 0 spiro atoms. The molecule has 0 aromatic heterocycles. The second-order valence-corrected chi connectivity index (χ2v) is 6.21. The van der Waals surface area contributed by atoms with Gasteiger partial charge in [-0.05, 0) is 39.0 Å². The molecule has 2 rings (SSSR count). The molecule has 2 unspecified atom stereocenters. The first-order valence-electron chi connectivity index (χ1n) is 6.94. The lowest BCUT2D eigenvalue weighted by molar-refractivity contribution is -0.125. The topological polar surface area (TPSA) is 73.6 Å². The highest BCUT2D eigenvalue weighted by Crippen LogP contribution is 2.31. The molecule has 1 aliphatic rings. The minimum Gasteiger partial charge on any atom is -0.489 e. The zero-order chi connectivity index (χ0) is 15.6. The third-order valence-electron chi connectivity index (χ3n) is 3.59. The van der Waals surface area contributed by atoms with Crippen molar-refractivity contribution in [3.8, 4) is 5.75 Å². The van der Waals surface area contributed by atoms with Crippen molar-refractivity contribution >= 4 is 23.2 Å². The van der Waals surface area contributed by atoms with Crippen molar-refractivity contribution in [1.29, 1.82) is 0 Å². The second-order valence-electron chi connectivity index (χ2n) is 5.81. The number of nitrogens with one attached hydrogen (secondary N) is 1. The van der Waals surface area contributed by atoms with E-state index in [-0.39, 0.29) is 18.1 Å². The van der Waals surface area contributed by atoms with Gasteiger partial charge in [0.25, 0.3) is 0 Å². The Bertz CT molecular complexity index is 536. The molecule has 1 amide bonds. The Labute approximate surface area is 129 Å². The van der Waals surface area contributed by atoms with E-state index >= 15 is 0 Å². The van der Waals surface area contributed by atoms with E-state index in [1.165, 1.54) is 0 Å². The maximum Gasteiger partial charge on any atom is 0.234 e. The fourth-order valence-electron chi connectivity index (χ4n) is 2.12. The predicted octanol–water partition coefficient (Wildman–Crippen LogP) is 2.43. The first-order chi connectivity index (χ1) is 9.83. The summed E-state index contributed by atoms with van der Waals surface area (Å²) < 4.78 is 10.8. The molecule has 5 nitrogen and oxygen atoms in total. The number of nitrogens with two attached hydrogens (primary N) is 1. The van der Waals surface area contributed by atoms with Crippen molar-refractivity contribution in [2.24, 2.45) is 11.1 Å². The maximum atomic E-state index is 12.4. The van der Waals surface area contributed by atoms with Gasteiger partial charge in [0.15, 0.2) is 0 Å². The van der Waals surface area contributed by atoms with Gasteiger partial charge < -0.3 is 20.5 Å². The number of benzene rings is 1. The molecule has 0 aliphatic carbocycles. The van der Waals surface area contributed by atoms with Crippen molar-refractivity contribution < 1.29 is 14.3 Å². The van der Waals surface area contributed by atoms with E-state index in [0.717, 1.165) is 0 Å². The molecule has 21 heavy (non-hydrogen) atoms. The van der Waals surface area contributed by atoms with Crippen LogP contribution < -0.4 is 15.8 Å². The minimum atomic E-state index is -0.723. The standard InChI is InChI=1S/C15H21ClN2O3/c1-9(2)21-12-5-4-10(6-11(12)16)18-14(19)15(3)8-20-7-13(15)17/h4-6,9,13H,7-8,17H2,1-3H3,(H,18,19). The van der Waals surface area contributed by atoms with Crippen LogP contribution in [0.4, 0.5) is 5.69 Å². The fourth-order valence-corrected chi connectivity index (χ4v) is 2.35. The van der Waals surface area contributed by atoms with Crippen molar-refractivity contribution in [3.05, 3.63) is 23.2 Å². The lowest BCUT2D eigenvalue weighted by atomic mass is 9.85. The lowest BCUT2D eigenvalue weighted by Crippen LogP contribution is -2.47. The fraction of sp³-hybridized carbons (Fsp3) is 0.533. The summed E-state index contributed by atoms with van der Waals surface area (Å²) in [6.07, 6.45) is 0.0375. The van der Waals surface area contributed by atoms with Crippen molar-refractivity contribution in [2.45, 2.75) is 32.9 Å². The number of halogens is 1. The monoisotopic (exact) mass is 312 g/mol. The Morgan fingerprint density at radius 1 is 1.57 bits per heavy atom. The minimum absolute atomic E-state index is 0.0375. The average molecular weight is 313 g/mol. The number of rotatable bonds is 4. The van der Waals surface area contributed by atoms with Crippen LogP contribution in [0.15, 0.2) is 18.2 Å². The molecule has 6 heteroatoms. The number of hydrogen-bond acceptors (Lipinski definition) is 4. The van der Waals surface area contributed by atoms with Gasteiger partial charge in [-0.15, -0.1) is 0 Å². The number of carbonyl (C=O) groups is 1. The largest absolute Gasteiger partial charge is 0.489 e. The van der Waals surface area contributed by atoms with Gasteiger partial charge in [-0.3, -0.25) is 4.79 Å². The first-order valence-corrected chi connectivity index (χ1v) is 7.31. The zero-order valence-corrected chi connectivity index (χ0v) is 13.2. The molecule has 1 aliphatic heterocycles. The van der Waals surface area contributed by atoms with Crippen LogP contribution in [0.3, 0.4) is 0 Å². The van der Waals surface area contributed by atoms with Crippen LogP contribution in [0.5, 0.6) is 5.75 Å². The predicted molar refractivity (Wildman–Crippen MR) is 82.7 cm³/mol. The van der Waals surface area contributed by atoms with Crippen molar-refractivity contribution in [3.63, 3.8) is 0 Å². The summed E-state index contributed by atoms with van der Waals surface area (Å²) in [5.74, 6) is 0.429. The number of anilines is 1. The van der Waals surface area contributed by atoms with Gasteiger partial charge in [0.2, 0.25) is 5.91 Å². The molecule has 1 aromatic rings. The summed E-state index contributed by atoms with van der Waals surface area (Å²) in [6, 6.07) is 4.86. The number of carbonyl (C=O) groups excluding carboxylic acids is 1. The van der Waals surface area contributed by atoms with Gasteiger partial charge in [0.05, 0.1) is 29.8 Å². The summed E-state index contributed by atoms with van der Waals surface area (Å²) >= 11 is 6.15. The van der Waals surface area contributed by atoms with E-state index in [0.29, 0.717) is 29.7 Å². The molecule has 1 aromatic carbocycles. The van der Waals surface area contributed by atoms with Gasteiger partial charge in [-0.25, -0.2) is 0 Å². The highest BCUT2D eigenvalue weighted by Gasteiger charge is 2.44. The second kappa shape index (κ2) is 6.22. The summed E-state index contributed by atoms with van der Waals surface area (Å²) in [5.41, 5.74) is 5.83. The Balaban J connectivity index is 2.10. The molecule has 3 N–H and O–H groups in total. The Kier molecular flexibility index (Phi) is 4.76. The molecule has 1 fully saturated rings. The molecular weight excluding hydrogens is 292 g/mol. The molecular formula is C15H21ClN2O3. The van der Waals surface area contributed by atoms with E-state index in [9.17, 15) is 4.79 Å². The molecule has 0 radical (unpaired) electrons. The van der Waals surface area contributed by atoms with Crippen LogP contribution >= 0.6 is 11.6 Å². The van der Waals surface area contributed by atoms with Crippen LogP contribution in [0.25, 0.3) is 0 Å². The quantitative estimate of drug-likeness (QED) is 0.895. The third kappa shape index (κ3) is 3.48. The van der Waals surface area contributed by atoms with Crippen LogP contribution in [0, 0.1) is 5.41 Å². The Morgan fingerprint density at radius 2 is 2.29 bits per heavy atom.